The third-order valence-electron chi connectivity index (χ3n) is 3.05. The second-order valence-corrected chi connectivity index (χ2v) is 7.35. The zero-order chi connectivity index (χ0) is 14.2. The number of aryl methyl sites for hydroxylation is 1. The Morgan fingerprint density at radius 1 is 1.47 bits per heavy atom. The van der Waals surface area contributed by atoms with E-state index in [0.29, 0.717) is 11.3 Å². The Hall–Kier alpha value is -1.58. The van der Waals surface area contributed by atoms with E-state index in [4.69, 9.17) is 15.9 Å². The third kappa shape index (κ3) is 2.72. The topological polar surface area (TPSA) is 78.2 Å². The van der Waals surface area contributed by atoms with Gasteiger partial charge in [-0.05, 0) is 24.6 Å². The Labute approximate surface area is 115 Å². The lowest BCUT2D eigenvalue weighted by Gasteiger charge is -2.18. The molecular formula is C12H11ClN2O3S. The zero-order valence-corrected chi connectivity index (χ0v) is 11.7. The van der Waals surface area contributed by atoms with Crippen LogP contribution in [0.3, 0.4) is 0 Å². The highest BCUT2D eigenvalue weighted by Gasteiger charge is 2.38. The first-order chi connectivity index (χ1) is 8.82. The number of anilines is 1. The standard InChI is InChI=1S/C12H11ClN2O3S/c1-8-2-3-9(6-14)11(4-8)15-7-10(5-12(15)16)19(13,17)18/h2-4,10H,5,7H2,1H3. The Morgan fingerprint density at radius 3 is 2.68 bits per heavy atom. The van der Waals surface area contributed by atoms with Gasteiger partial charge in [-0.2, -0.15) is 5.26 Å². The molecule has 0 spiro atoms. The number of hydrogen-bond donors (Lipinski definition) is 0. The van der Waals surface area contributed by atoms with Gasteiger partial charge in [0.15, 0.2) is 0 Å². The fourth-order valence-electron chi connectivity index (χ4n) is 2.06. The highest BCUT2D eigenvalue weighted by molar-refractivity contribution is 8.14. The first-order valence-corrected chi connectivity index (χ1v) is 7.95. The molecule has 0 radical (unpaired) electrons. The average Bonchev–Trinajstić information content (AvgIpc) is 2.71. The van der Waals surface area contributed by atoms with Gasteiger partial charge in [-0.25, -0.2) is 8.42 Å². The van der Waals surface area contributed by atoms with Crippen LogP contribution in [0, 0.1) is 18.3 Å². The summed E-state index contributed by atoms with van der Waals surface area (Å²) < 4.78 is 22.6. The molecule has 0 aromatic heterocycles. The largest absolute Gasteiger partial charge is 0.310 e. The van der Waals surface area contributed by atoms with Gasteiger partial charge in [-0.15, -0.1) is 0 Å². The number of carbonyl (C=O) groups is 1. The number of benzene rings is 1. The highest BCUT2D eigenvalue weighted by atomic mass is 35.7. The van der Waals surface area contributed by atoms with E-state index in [2.05, 4.69) is 0 Å². The Bertz CT molecular complexity index is 679. The number of hydrogen-bond acceptors (Lipinski definition) is 4. The number of nitrogens with zero attached hydrogens (tertiary/aromatic N) is 2. The second-order valence-electron chi connectivity index (χ2n) is 4.44. The highest BCUT2D eigenvalue weighted by Crippen LogP contribution is 2.29. The predicted octanol–water partition coefficient (Wildman–Crippen LogP) is 1.54. The maximum atomic E-state index is 11.9. The SMILES string of the molecule is Cc1ccc(C#N)c(N2CC(S(=O)(=O)Cl)CC2=O)c1. The van der Waals surface area contributed by atoms with Crippen LogP contribution in [-0.4, -0.2) is 26.1 Å². The molecule has 19 heavy (non-hydrogen) atoms. The van der Waals surface area contributed by atoms with Gasteiger partial charge in [-0.1, -0.05) is 6.07 Å². The molecule has 1 amide bonds. The molecule has 1 saturated heterocycles. The van der Waals surface area contributed by atoms with Crippen molar-refractivity contribution in [3.05, 3.63) is 29.3 Å². The van der Waals surface area contributed by atoms with Crippen LogP contribution in [0.1, 0.15) is 17.5 Å². The van der Waals surface area contributed by atoms with E-state index in [1.165, 1.54) is 4.90 Å². The van der Waals surface area contributed by atoms with Crippen molar-refractivity contribution in [2.45, 2.75) is 18.6 Å². The molecule has 100 valence electrons. The average molecular weight is 299 g/mol. The first-order valence-electron chi connectivity index (χ1n) is 5.57. The van der Waals surface area contributed by atoms with Crippen molar-refractivity contribution in [2.75, 3.05) is 11.4 Å². The van der Waals surface area contributed by atoms with Gasteiger partial charge in [0.05, 0.1) is 11.3 Å². The molecule has 0 N–H and O–H groups in total. The molecule has 0 bridgehead atoms. The van der Waals surface area contributed by atoms with Crippen molar-refractivity contribution >= 4 is 31.3 Å². The fraction of sp³-hybridized carbons (Fsp3) is 0.333. The van der Waals surface area contributed by atoms with Crippen LogP contribution in [0.2, 0.25) is 0 Å². The Morgan fingerprint density at radius 2 is 2.16 bits per heavy atom. The summed E-state index contributed by atoms with van der Waals surface area (Å²) in [6.07, 6.45) is -0.148. The summed E-state index contributed by atoms with van der Waals surface area (Å²) >= 11 is 0. The van der Waals surface area contributed by atoms with Gasteiger partial charge >= 0.3 is 0 Å². The van der Waals surface area contributed by atoms with Gasteiger partial charge in [0, 0.05) is 23.6 Å². The monoisotopic (exact) mass is 298 g/mol. The number of rotatable bonds is 2. The van der Waals surface area contributed by atoms with E-state index in [1.54, 1.807) is 18.2 Å². The number of halogens is 1. The molecule has 1 fully saturated rings. The van der Waals surface area contributed by atoms with Crippen molar-refractivity contribution in [3.63, 3.8) is 0 Å². The lowest BCUT2D eigenvalue weighted by Crippen LogP contribution is -2.27. The van der Waals surface area contributed by atoms with Gasteiger partial charge in [0.25, 0.3) is 0 Å². The van der Waals surface area contributed by atoms with E-state index in [1.807, 2.05) is 13.0 Å². The van der Waals surface area contributed by atoms with Gasteiger partial charge in [-0.3, -0.25) is 4.79 Å². The van der Waals surface area contributed by atoms with Crippen LogP contribution in [0.5, 0.6) is 0 Å². The molecule has 0 aliphatic carbocycles. The number of carbonyl (C=O) groups excluding carboxylic acids is 1. The lowest BCUT2D eigenvalue weighted by atomic mass is 10.1. The molecular weight excluding hydrogens is 288 g/mol. The molecule has 2 rings (SSSR count). The minimum Gasteiger partial charge on any atom is -0.310 e. The van der Waals surface area contributed by atoms with Crippen molar-refractivity contribution in [1.29, 1.82) is 5.26 Å². The molecule has 1 aliphatic heterocycles. The minimum absolute atomic E-state index is 0.0111. The lowest BCUT2D eigenvalue weighted by molar-refractivity contribution is -0.117. The van der Waals surface area contributed by atoms with E-state index < -0.39 is 14.3 Å². The van der Waals surface area contributed by atoms with Crippen molar-refractivity contribution in [3.8, 4) is 6.07 Å². The fourth-order valence-corrected chi connectivity index (χ4v) is 3.08. The molecule has 0 saturated carbocycles. The molecule has 1 aromatic carbocycles. The maximum absolute atomic E-state index is 11.9. The summed E-state index contributed by atoms with van der Waals surface area (Å²) in [4.78, 5) is 13.2. The van der Waals surface area contributed by atoms with Crippen LogP contribution in [0.25, 0.3) is 0 Å². The third-order valence-corrected chi connectivity index (χ3v) is 4.92. The number of nitriles is 1. The van der Waals surface area contributed by atoms with Gasteiger partial charge in [0.1, 0.15) is 11.3 Å². The van der Waals surface area contributed by atoms with Gasteiger partial charge < -0.3 is 4.90 Å². The van der Waals surface area contributed by atoms with Crippen LogP contribution in [0.4, 0.5) is 5.69 Å². The normalized spacial score (nSPS) is 19.5. The molecule has 1 aromatic rings. The molecule has 1 heterocycles. The Balaban J connectivity index is 2.42. The van der Waals surface area contributed by atoms with Crippen molar-refractivity contribution in [2.24, 2.45) is 0 Å². The molecule has 1 atom stereocenters. The molecule has 7 heteroatoms. The van der Waals surface area contributed by atoms with E-state index >= 15 is 0 Å². The quantitative estimate of drug-likeness (QED) is 0.776. The summed E-state index contributed by atoms with van der Waals surface area (Å²) in [7, 11) is 1.51. The smallest absolute Gasteiger partial charge is 0.237 e. The minimum atomic E-state index is -3.78. The molecule has 5 nitrogen and oxygen atoms in total. The van der Waals surface area contributed by atoms with E-state index in [-0.39, 0.29) is 18.9 Å². The predicted molar refractivity (Wildman–Crippen MR) is 71.4 cm³/mol. The number of amides is 1. The van der Waals surface area contributed by atoms with E-state index in [0.717, 1.165) is 5.56 Å². The zero-order valence-electron chi connectivity index (χ0n) is 10.1. The van der Waals surface area contributed by atoms with Crippen LogP contribution in [0.15, 0.2) is 18.2 Å². The summed E-state index contributed by atoms with van der Waals surface area (Å²) in [5.74, 6) is -0.337. The molecule has 1 unspecified atom stereocenters. The van der Waals surface area contributed by atoms with Crippen molar-refractivity contribution < 1.29 is 13.2 Å². The Kier molecular flexibility index (Phi) is 3.52. The first kappa shape index (κ1) is 13.8. The summed E-state index contributed by atoms with van der Waals surface area (Å²) in [6.45, 7) is 1.82. The summed E-state index contributed by atoms with van der Waals surface area (Å²) in [5.41, 5.74) is 1.67. The second kappa shape index (κ2) is 4.83. The summed E-state index contributed by atoms with van der Waals surface area (Å²) in [6, 6.07) is 7.07. The van der Waals surface area contributed by atoms with Crippen molar-refractivity contribution in [1.82, 2.24) is 0 Å². The maximum Gasteiger partial charge on any atom is 0.237 e. The summed E-state index contributed by atoms with van der Waals surface area (Å²) in [5, 5.41) is 8.13. The van der Waals surface area contributed by atoms with Gasteiger partial charge in [0.2, 0.25) is 15.0 Å². The van der Waals surface area contributed by atoms with E-state index in [9.17, 15) is 13.2 Å². The molecule has 1 aliphatic rings. The van der Waals surface area contributed by atoms with Crippen LogP contribution < -0.4 is 4.90 Å². The van der Waals surface area contributed by atoms with Crippen LogP contribution in [-0.2, 0) is 13.8 Å². The van der Waals surface area contributed by atoms with Crippen LogP contribution >= 0.6 is 10.7 Å².